The molecule has 20 heavy (non-hydrogen) atoms. The van der Waals surface area contributed by atoms with Gasteiger partial charge in [0, 0.05) is 25.6 Å². The van der Waals surface area contributed by atoms with E-state index in [1.54, 1.807) is 0 Å². The normalized spacial score (nSPS) is 12.2. The summed E-state index contributed by atoms with van der Waals surface area (Å²) in [5.41, 5.74) is 2.69. The maximum absolute atomic E-state index is 11.4. The van der Waals surface area contributed by atoms with E-state index in [0.29, 0.717) is 19.5 Å². The average Bonchev–Trinajstić information content (AvgIpc) is 2.46. The Kier molecular flexibility index (Phi) is 7.97. The zero-order valence-corrected chi connectivity index (χ0v) is 13.0. The number of hydrogen-bond donors (Lipinski definition) is 2. The number of rotatable bonds is 9. The predicted molar refractivity (Wildman–Crippen MR) is 84.8 cm³/mol. The van der Waals surface area contributed by atoms with Crippen molar-refractivity contribution in [3.05, 3.63) is 35.4 Å². The number of unbranched alkanes of at least 4 members (excludes halogenated alkanes) is 1. The molecule has 0 spiro atoms. The molecule has 3 heteroatoms. The molecule has 1 aromatic rings. The number of benzene rings is 1. The van der Waals surface area contributed by atoms with Crippen LogP contribution in [-0.2, 0) is 11.2 Å². The molecular formula is C17H28N2O. The molecule has 0 aliphatic heterocycles. The molecule has 0 aromatic heterocycles. The van der Waals surface area contributed by atoms with Crippen LogP contribution in [0.5, 0.6) is 0 Å². The SMILES string of the molecule is CCCCc1ccc(C(C)NCCC(=O)NCC)cc1. The van der Waals surface area contributed by atoms with Gasteiger partial charge in [-0.05, 0) is 37.8 Å². The van der Waals surface area contributed by atoms with E-state index in [4.69, 9.17) is 0 Å². The molecule has 1 rings (SSSR count). The van der Waals surface area contributed by atoms with E-state index in [1.807, 2.05) is 6.92 Å². The minimum absolute atomic E-state index is 0.113. The summed E-state index contributed by atoms with van der Waals surface area (Å²) in [6, 6.07) is 9.09. The molecule has 0 fully saturated rings. The maximum Gasteiger partial charge on any atom is 0.221 e. The Balaban J connectivity index is 2.35. The van der Waals surface area contributed by atoms with Gasteiger partial charge in [0.15, 0.2) is 0 Å². The van der Waals surface area contributed by atoms with Gasteiger partial charge in [-0.2, -0.15) is 0 Å². The minimum Gasteiger partial charge on any atom is -0.356 e. The van der Waals surface area contributed by atoms with Crippen molar-refractivity contribution < 1.29 is 4.79 Å². The first-order valence-corrected chi connectivity index (χ1v) is 7.76. The van der Waals surface area contributed by atoms with Gasteiger partial charge in [-0.15, -0.1) is 0 Å². The van der Waals surface area contributed by atoms with Gasteiger partial charge in [0.2, 0.25) is 5.91 Å². The van der Waals surface area contributed by atoms with Crippen molar-refractivity contribution in [2.45, 2.75) is 52.5 Å². The Hall–Kier alpha value is -1.35. The summed E-state index contributed by atoms with van der Waals surface area (Å²) < 4.78 is 0. The molecule has 0 aliphatic carbocycles. The number of amides is 1. The van der Waals surface area contributed by atoms with Crippen molar-refractivity contribution in [3.63, 3.8) is 0 Å². The number of nitrogens with one attached hydrogen (secondary N) is 2. The number of carbonyl (C=O) groups excluding carboxylic acids is 1. The molecule has 0 heterocycles. The lowest BCUT2D eigenvalue weighted by molar-refractivity contribution is -0.120. The third kappa shape index (κ3) is 6.20. The molecule has 0 radical (unpaired) electrons. The van der Waals surface area contributed by atoms with Crippen molar-refractivity contribution in [3.8, 4) is 0 Å². The van der Waals surface area contributed by atoms with Crippen LogP contribution in [0.1, 0.15) is 57.2 Å². The van der Waals surface area contributed by atoms with Crippen LogP contribution in [0.15, 0.2) is 24.3 Å². The summed E-state index contributed by atoms with van der Waals surface area (Å²) in [6.45, 7) is 7.71. The van der Waals surface area contributed by atoms with E-state index >= 15 is 0 Å². The molecule has 1 aromatic carbocycles. The van der Waals surface area contributed by atoms with Gasteiger partial charge < -0.3 is 10.6 Å². The van der Waals surface area contributed by atoms with E-state index in [-0.39, 0.29) is 11.9 Å². The van der Waals surface area contributed by atoms with Crippen LogP contribution in [0.25, 0.3) is 0 Å². The topological polar surface area (TPSA) is 41.1 Å². The highest BCUT2D eigenvalue weighted by Crippen LogP contribution is 2.14. The second-order valence-electron chi connectivity index (χ2n) is 5.22. The molecule has 1 amide bonds. The lowest BCUT2D eigenvalue weighted by Crippen LogP contribution is -2.28. The standard InChI is InChI=1S/C17H28N2O/c1-4-6-7-15-8-10-16(11-9-15)14(3)19-13-12-17(20)18-5-2/h8-11,14,19H,4-7,12-13H2,1-3H3,(H,18,20). The highest BCUT2D eigenvalue weighted by atomic mass is 16.1. The smallest absolute Gasteiger partial charge is 0.221 e. The van der Waals surface area contributed by atoms with Crippen LogP contribution in [-0.4, -0.2) is 19.0 Å². The summed E-state index contributed by atoms with van der Waals surface area (Å²) in [5.74, 6) is 0.113. The monoisotopic (exact) mass is 276 g/mol. The van der Waals surface area contributed by atoms with Gasteiger partial charge in [-0.25, -0.2) is 0 Å². The number of carbonyl (C=O) groups is 1. The van der Waals surface area contributed by atoms with Crippen LogP contribution < -0.4 is 10.6 Å². The zero-order chi connectivity index (χ0) is 14.8. The summed E-state index contributed by atoms with van der Waals surface area (Å²) in [7, 11) is 0. The lowest BCUT2D eigenvalue weighted by atomic mass is 10.0. The Morgan fingerprint density at radius 2 is 1.90 bits per heavy atom. The maximum atomic E-state index is 11.4. The van der Waals surface area contributed by atoms with Crippen molar-refractivity contribution in [2.75, 3.05) is 13.1 Å². The van der Waals surface area contributed by atoms with Gasteiger partial charge in [-0.1, -0.05) is 37.6 Å². The van der Waals surface area contributed by atoms with Gasteiger partial charge in [0.05, 0.1) is 0 Å². The average molecular weight is 276 g/mol. The molecule has 112 valence electrons. The molecule has 2 N–H and O–H groups in total. The van der Waals surface area contributed by atoms with Gasteiger partial charge >= 0.3 is 0 Å². The van der Waals surface area contributed by atoms with E-state index in [0.717, 1.165) is 6.42 Å². The predicted octanol–water partition coefficient (Wildman–Crippen LogP) is 3.21. The summed E-state index contributed by atoms with van der Waals surface area (Å²) in [6.07, 6.45) is 4.18. The van der Waals surface area contributed by atoms with Crippen LogP contribution in [0.3, 0.4) is 0 Å². The van der Waals surface area contributed by atoms with Gasteiger partial charge in [0.25, 0.3) is 0 Å². The summed E-state index contributed by atoms with van der Waals surface area (Å²) in [4.78, 5) is 11.4. The summed E-state index contributed by atoms with van der Waals surface area (Å²) in [5, 5.41) is 6.20. The van der Waals surface area contributed by atoms with E-state index < -0.39 is 0 Å². The Labute approximate surface area is 123 Å². The molecule has 1 unspecified atom stereocenters. The van der Waals surface area contributed by atoms with Crippen molar-refractivity contribution in [2.24, 2.45) is 0 Å². The fourth-order valence-electron chi connectivity index (χ4n) is 2.16. The fraction of sp³-hybridized carbons (Fsp3) is 0.588. The van der Waals surface area contributed by atoms with E-state index in [2.05, 4.69) is 48.7 Å². The molecule has 0 saturated carbocycles. The highest BCUT2D eigenvalue weighted by molar-refractivity contribution is 5.75. The molecule has 3 nitrogen and oxygen atoms in total. The fourth-order valence-corrected chi connectivity index (χ4v) is 2.16. The van der Waals surface area contributed by atoms with Crippen LogP contribution in [0.4, 0.5) is 0 Å². The van der Waals surface area contributed by atoms with Crippen LogP contribution in [0, 0.1) is 0 Å². The zero-order valence-electron chi connectivity index (χ0n) is 13.0. The third-order valence-corrected chi connectivity index (χ3v) is 3.48. The first-order valence-electron chi connectivity index (χ1n) is 7.76. The van der Waals surface area contributed by atoms with Gasteiger partial charge in [-0.3, -0.25) is 4.79 Å². The molecule has 0 aliphatic rings. The van der Waals surface area contributed by atoms with Crippen molar-refractivity contribution >= 4 is 5.91 Å². The second kappa shape index (κ2) is 9.54. The molecular weight excluding hydrogens is 248 g/mol. The largest absolute Gasteiger partial charge is 0.356 e. The Morgan fingerprint density at radius 1 is 1.20 bits per heavy atom. The molecule has 0 bridgehead atoms. The van der Waals surface area contributed by atoms with E-state index in [1.165, 1.54) is 24.0 Å². The Bertz CT molecular complexity index is 386. The van der Waals surface area contributed by atoms with Crippen molar-refractivity contribution in [1.82, 2.24) is 10.6 Å². The first-order chi connectivity index (χ1) is 9.67. The van der Waals surface area contributed by atoms with Crippen LogP contribution in [0.2, 0.25) is 0 Å². The second-order valence-corrected chi connectivity index (χ2v) is 5.22. The third-order valence-electron chi connectivity index (χ3n) is 3.48. The minimum atomic E-state index is 0.113. The van der Waals surface area contributed by atoms with Gasteiger partial charge in [0.1, 0.15) is 0 Å². The quantitative estimate of drug-likeness (QED) is 0.727. The number of hydrogen-bond acceptors (Lipinski definition) is 2. The highest BCUT2D eigenvalue weighted by Gasteiger charge is 2.06. The van der Waals surface area contributed by atoms with Crippen molar-refractivity contribution in [1.29, 1.82) is 0 Å². The summed E-state index contributed by atoms with van der Waals surface area (Å²) >= 11 is 0. The van der Waals surface area contributed by atoms with Crippen LogP contribution >= 0.6 is 0 Å². The van der Waals surface area contributed by atoms with E-state index in [9.17, 15) is 4.79 Å². The first kappa shape index (κ1) is 16.7. The Morgan fingerprint density at radius 3 is 2.50 bits per heavy atom. The lowest BCUT2D eigenvalue weighted by Gasteiger charge is -2.14. The molecule has 1 atom stereocenters. The molecule has 0 saturated heterocycles. The number of aryl methyl sites for hydroxylation is 1.